The monoisotopic (exact) mass is 414 g/mol. The summed E-state index contributed by atoms with van der Waals surface area (Å²) in [5, 5.41) is 0.868. The van der Waals surface area contributed by atoms with Gasteiger partial charge < -0.3 is 4.74 Å². The number of halogens is 3. The standard InChI is InChI=1S/C17H17Br2FO/c1-21-15-6-2-4-12(10-15)8-13(11-18)9-14-5-3-7-16(20)17(14)19/h2-7,10,13H,8-9,11H2,1H3. The van der Waals surface area contributed by atoms with Crippen LogP contribution in [-0.4, -0.2) is 12.4 Å². The van der Waals surface area contributed by atoms with Crippen molar-refractivity contribution in [1.29, 1.82) is 0 Å². The molecule has 1 atom stereocenters. The summed E-state index contributed by atoms with van der Waals surface area (Å²) in [6, 6.07) is 13.3. The number of hydrogen-bond acceptors (Lipinski definition) is 1. The molecule has 4 heteroatoms. The van der Waals surface area contributed by atoms with E-state index in [1.807, 2.05) is 18.2 Å². The molecule has 0 aliphatic heterocycles. The van der Waals surface area contributed by atoms with E-state index in [1.54, 1.807) is 13.2 Å². The zero-order valence-electron chi connectivity index (χ0n) is 11.8. The highest BCUT2D eigenvalue weighted by atomic mass is 79.9. The van der Waals surface area contributed by atoms with Crippen LogP contribution in [0.3, 0.4) is 0 Å². The van der Waals surface area contributed by atoms with Crippen LogP contribution in [-0.2, 0) is 12.8 Å². The number of hydrogen-bond donors (Lipinski definition) is 0. The Labute approximate surface area is 141 Å². The lowest BCUT2D eigenvalue weighted by Crippen LogP contribution is -2.10. The average molecular weight is 416 g/mol. The van der Waals surface area contributed by atoms with Gasteiger partial charge in [0.1, 0.15) is 11.6 Å². The predicted octanol–water partition coefficient (Wildman–Crippen LogP) is 5.39. The highest BCUT2D eigenvalue weighted by Gasteiger charge is 2.13. The van der Waals surface area contributed by atoms with Gasteiger partial charge in [-0.05, 0) is 64.0 Å². The minimum absolute atomic E-state index is 0.206. The largest absolute Gasteiger partial charge is 0.497 e. The van der Waals surface area contributed by atoms with E-state index in [2.05, 4.69) is 44.0 Å². The lowest BCUT2D eigenvalue weighted by molar-refractivity contribution is 0.414. The Morgan fingerprint density at radius 2 is 1.90 bits per heavy atom. The lowest BCUT2D eigenvalue weighted by atomic mass is 9.94. The molecule has 0 aliphatic carbocycles. The number of rotatable bonds is 6. The Kier molecular flexibility index (Phi) is 6.24. The van der Waals surface area contributed by atoms with Crippen molar-refractivity contribution in [3.8, 4) is 5.75 Å². The minimum atomic E-state index is -0.206. The molecule has 0 amide bonds. The molecule has 2 aromatic carbocycles. The van der Waals surface area contributed by atoms with Crippen LogP contribution in [0.1, 0.15) is 11.1 Å². The SMILES string of the molecule is COc1cccc(CC(CBr)Cc2cccc(F)c2Br)c1. The second-order valence-electron chi connectivity index (χ2n) is 4.99. The van der Waals surface area contributed by atoms with Gasteiger partial charge in [0.25, 0.3) is 0 Å². The molecule has 0 bridgehead atoms. The molecule has 0 spiro atoms. The van der Waals surface area contributed by atoms with Crippen molar-refractivity contribution in [2.75, 3.05) is 12.4 Å². The van der Waals surface area contributed by atoms with Crippen molar-refractivity contribution >= 4 is 31.9 Å². The topological polar surface area (TPSA) is 9.23 Å². The lowest BCUT2D eigenvalue weighted by Gasteiger charge is -2.16. The first-order valence-electron chi connectivity index (χ1n) is 6.75. The molecule has 0 aliphatic rings. The summed E-state index contributed by atoms with van der Waals surface area (Å²) in [5.74, 6) is 1.06. The zero-order valence-corrected chi connectivity index (χ0v) is 15.0. The van der Waals surface area contributed by atoms with Gasteiger partial charge in [-0.1, -0.05) is 40.2 Å². The molecule has 0 saturated carbocycles. The molecule has 2 rings (SSSR count). The van der Waals surface area contributed by atoms with Crippen LogP contribution in [0.5, 0.6) is 5.75 Å². The van der Waals surface area contributed by atoms with Gasteiger partial charge in [0.2, 0.25) is 0 Å². The summed E-state index contributed by atoms with van der Waals surface area (Å²) < 4.78 is 19.4. The fourth-order valence-electron chi connectivity index (χ4n) is 2.33. The third kappa shape index (κ3) is 4.55. The van der Waals surface area contributed by atoms with Gasteiger partial charge in [-0.3, -0.25) is 0 Å². The highest BCUT2D eigenvalue weighted by molar-refractivity contribution is 9.10. The Morgan fingerprint density at radius 1 is 1.14 bits per heavy atom. The first kappa shape index (κ1) is 16.5. The first-order valence-corrected chi connectivity index (χ1v) is 8.67. The molecule has 0 N–H and O–H groups in total. The summed E-state index contributed by atoms with van der Waals surface area (Å²) >= 11 is 6.91. The molecular formula is C17H17Br2FO. The summed E-state index contributed by atoms with van der Waals surface area (Å²) in [6.07, 6.45) is 1.74. The number of benzene rings is 2. The van der Waals surface area contributed by atoms with Crippen LogP contribution in [0.25, 0.3) is 0 Å². The molecule has 2 aromatic rings. The van der Waals surface area contributed by atoms with Crippen molar-refractivity contribution < 1.29 is 9.13 Å². The highest BCUT2D eigenvalue weighted by Crippen LogP contribution is 2.26. The van der Waals surface area contributed by atoms with Crippen molar-refractivity contribution in [3.63, 3.8) is 0 Å². The van der Waals surface area contributed by atoms with E-state index in [-0.39, 0.29) is 5.82 Å². The fraction of sp³-hybridized carbons (Fsp3) is 0.294. The zero-order chi connectivity index (χ0) is 15.2. The van der Waals surface area contributed by atoms with E-state index < -0.39 is 0 Å². The Hall–Kier alpha value is -0.870. The van der Waals surface area contributed by atoms with E-state index in [4.69, 9.17) is 4.74 Å². The molecule has 0 radical (unpaired) electrons. The molecule has 1 unspecified atom stereocenters. The van der Waals surface area contributed by atoms with E-state index in [1.165, 1.54) is 11.6 Å². The van der Waals surface area contributed by atoms with Gasteiger partial charge in [0, 0.05) is 5.33 Å². The first-order chi connectivity index (χ1) is 10.1. The van der Waals surface area contributed by atoms with Crippen molar-refractivity contribution in [1.82, 2.24) is 0 Å². The van der Waals surface area contributed by atoms with E-state index in [0.29, 0.717) is 10.4 Å². The molecular weight excluding hydrogens is 399 g/mol. The van der Waals surface area contributed by atoms with Crippen molar-refractivity contribution in [2.24, 2.45) is 5.92 Å². The summed E-state index contributed by atoms with van der Waals surface area (Å²) in [5.41, 5.74) is 2.23. The Balaban J connectivity index is 2.11. The molecule has 21 heavy (non-hydrogen) atoms. The van der Waals surface area contributed by atoms with Gasteiger partial charge in [-0.15, -0.1) is 0 Å². The van der Waals surface area contributed by atoms with Crippen LogP contribution in [0.15, 0.2) is 46.9 Å². The van der Waals surface area contributed by atoms with Gasteiger partial charge in [-0.2, -0.15) is 0 Å². The molecule has 1 nitrogen and oxygen atoms in total. The van der Waals surface area contributed by atoms with Gasteiger partial charge in [0.15, 0.2) is 0 Å². The summed E-state index contributed by atoms with van der Waals surface area (Å²) in [6.45, 7) is 0. The van der Waals surface area contributed by atoms with E-state index in [0.717, 1.165) is 29.5 Å². The molecule has 0 heterocycles. The maximum atomic E-state index is 13.6. The predicted molar refractivity (Wildman–Crippen MR) is 91.8 cm³/mol. The minimum Gasteiger partial charge on any atom is -0.497 e. The van der Waals surface area contributed by atoms with Gasteiger partial charge in [-0.25, -0.2) is 4.39 Å². The molecule has 0 fully saturated rings. The number of alkyl halides is 1. The maximum absolute atomic E-state index is 13.6. The van der Waals surface area contributed by atoms with Gasteiger partial charge in [0.05, 0.1) is 11.6 Å². The smallest absolute Gasteiger partial charge is 0.137 e. The maximum Gasteiger partial charge on any atom is 0.137 e. The number of methoxy groups -OCH3 is 1. The van der Waals surface area contributed by atoms with Gasteiger partial charge >= 0.3 is 0 Å². The van der Waals surface area contributed by atoms with Crippen LogP contribution in [0, 0.1) is 11.7 Å². The van der Waals surface area contributed by atoms with E-state index in [9.17, 15) is 4.39 Å². The quantitative estimate of drug-likeness (QED) is 0.574. The Bertz CT molecular complexity index is 601. The van der Waals surface area contributed by atoms with Crippen LogP contribution >= 0.6 is 31.9 Å². The summed E-state index contributed by atoms with van der Waals surface area (Å²) in [4.78, 5) is 0. The third-order valence-corrected chi connectivity index (χ3v) is 5.22. The normalized spacial score (nSPS) is 12.2. The van der Waals surface area contributed by atoms with Crippen molar-refractivity contribution in [3.05, 3.63) is 63.9 Å². The molecule has 0 aromatic heterocycles. The second-order valence-corrected chi connectivity index (χ2v) is 6.43. The molecule has 0 saturated heterocycles. The third-order valence-electron chi connectivity index (χ3n) is 3.42. The molecule has 112 valence electrons. The number of ether oxygens (including phenoxy) is 1. The van der Waals surface area contributed by atoms with Crippen LogP contribution in [0.4, 0.5) is 4.39 Å². The second kappa shape index (κ2) is 7.95. The van der Waals surface area contributed by atoms with E-state index >= 15 is 0 Å². The van der Waals surface area contributed by atoms with Crippen LogP contribution in [0.2, 0.25) is 0 Å². The Morgan fingerprint density at radius 3 is 2.62 bits per heavy atom. The van der Waals surface area contributed by atoms with Crippen molar-refractivity contribution in [2.45, 2.75) is 12.8 Å². The average Bonchev–Trinajstić information content (AvgIpc) is 2.51. The fourth-order valence-corrected chi connectivity index (χ4v) is 3.22. The summed E-state index contributed by atoms with van der Waals surface area (Å²) in [7, 11) is 1.67. The van der Waals surface area contributed by atoms with Crippen LogP contribution < -0.4 is 4.74 Å².